The number of benzene rings is 1. The fraction of sp³-hybridized carbons (Fsp3) is 0.222. The van der Waals surface area contributed by atoms with Crippen LogP contribution in [0.4, 0.5) is 0 Å². The average Bonchev–Trinajstić information content (AvgIpc) is 2.65. The molecule has 3 rings (SSSR count). The van der Waals surface area contributed by atoms with Gasteiger partial charge in [0.25, 0.3) is 0 Å². The minimum Gasteiger partial charge on any atom is -0.486 e. The molecule has 1 N–H and O–H groups in total. The Morgan fingerprint density at radius 2 is 2.20 bits per heavy atom. The standard InChI is InChI=1S/C18H17ClN2O4/c1-23-17-5-3-13(11-21-17)10-20-16(22)4-2-12-8-14(19)18-15(9-12)24-6-7-25-18/h2-5,8-9,11H,6-7,10H2,1H3,(H,20,22)/b4-2+. The number of nitrogens with one attached hydrogen (secondary N) is 1. The molecule has 130 valence electrons. The largest absolute Gasteiger partial charge is 0.486 e. The number of methoxy groups -OCH3 is 1. The van der Waals surface area contributed by atoms with Crippen molar-refractivity contribution >= 4 is 23.6 Å². The van der Waals surface area contributed by atoms with E-state index in [0.717, 1.165) is 11.1 Å². The predicted octanol–water partition coefficient (Wildman–Crippen LogP) is 2.84. The lowest BCUT2D eigenvalue weighted by atomic mass is 10.1. The molecule has 25 heavy (non-hydrogen) atoms. The van der Waals surface area contributed by atoms with Gasteiger partial charge in [0.15, 0.2) is 11.5 Å². The zero-order chi connectivity index (χ0) is 17.6. The van der Waals surface area contributed by atoms with Gasteiger partial charge >= 0.3 is 0 Å². The summed E-state index contributed by atoms with van der Waals surface area (Å²) < 4.78 is 16.0. The van der Waals surface area contributed by atoms with Crippen LogP contribution in [0.2, 0.25) is 5.02 Å². The summed E-state index contributed by atoms with van der Waals surface area (Å²) in [5, 5.41) is 3.25. The Balaban J connectivity index is 1.59. The van der Waals surface area contributed by atoms with Gasteiger partial charge in [-0.2, -0.15) is 0 Å². The number of amides is 1. The van der Waals surface area contributed by atoms with Gasteiger partial charge in [0.05, 0.1) is 12.1 Å². The van der Waals surface area contributed by atoms with Crippen LogP contribution in [0, 0.1) is 0 Å². The first-order valence-corrected chi connectivity index (χ1v) is 8.07. The average molecular weight is 361 g/mol. The van der Waals surface area contributed by atoms with Crippen molar-refractivity contribution in [2.75, 3.05) is 20.3 Å². The van der Waals surface area contributed by atoms with Gasteiger partial charge in [0, 0.05) is 24.9 Å². The smallest absolute Gasteiger partial charge is 0.244 e. The van der Waals surface area contributed by atoms with Crippen LogP contribution in [0.5, 0.6) is 17.4 Å². The molecule has 6 nitrogen and oxygen atoms in total. The number of halogens is 1. The number of ether oxygens (including phenoxy) is 3. The molecule has 0 unspecified atom stereocenters. The molecular weight excluding hydrogens is 344 g/mol. The van der Waals surface area contributed by atoms with Crippen molar-refractivity contribution in [3.8, 4) is 17.4 Å². The first-order chi connectivity index (χ1) is 12.2. The maximum atomic E-state index is 12.0. The van der Waals surface area contributed by atoms with Crippen molar-refractivity contribution in [1.82, 2.24) is 10.3 Å². The molecule has 1 amide bonds. The fourth-order valence-electron chi connectivity index (χ4n) is 2.28. The molecule has 1 aromatic heterocycles. The van der Waals surface area contributed by atoms with Gasteiger partial charge in [-0.05, 0) is 29.3 Å². The number of hydrogen-bond acceptors (Lipinski definition) is 5. The van der Waals surface area contributed by atoms with Crippen LogP contribution in [0.1, 0.15) is 11.1 Å². The lowest BCUT2D eigenvalue weighted by Gasteiger charge is -2.19. The van der Waals surface area contributed by atoms with Gasteiger partial charge in [-0.1, -0.05) is 17.7 Å². The summed E-state index contributed by atoms with van der Waals surface area (Å²) in [4.78, 5) is 16.0. The molecule has 7 heteroatoms. The van der Waals surface area contributed by atoms with Crippen LogP contribution in [-0.4, -0.2) is 31.2 Å². The minimum atomic E-state index is -0.221. The molecule has 2 heterocycles. The van der Waals surface area contributed by atoms with E-state index in [0.29, 0.717) is 42.2 Å². The lowest BCUT2D eigenvalue weighted by Crippen LogP contribution is -2.20. The third-order valence-corrected chi connectivity index (χ3v) is 3.80. The van der Waals surface area contributed by atoms with Crippen LogP contribution >= 0.6 is 11.6 Å². The molecule has 0 radical (unpaired) electrons. The molecule has 1 aromatic carbocycles. The highest BCUT2D eigenvalue weighted by molar-refractivity contribution is 6.32. The molecular formula is C18H17ClN2O4. The Bertz CT molecular complexity index is 790. The highest BCUT2D eigenvalue weighted by atomic mass is 35.5. The van der Waals surface area contributed by atoms with Crippen molar-refractivity contribution in [2.24, 2.45) is 0 Å². The Morgan fingerprint density at radius 1 is 1.36 bits per heavy atom. The topological polar surface area (TPSA) is 69.7 Å². The second-order valence-corrected chi connectivity index (χ2v) is 5.69. The van der Waals surface area contributed by atoms with Gasteiger partial charge in [-0.15, -0.1) is 0 Å². The van der Waals surface area contributed by atoms with Crippen LogP contribution in [0.25, 0.3) is 6.08 Å². The number of carbonyl (C=O) groups excluding carboxylic acids is 1. The Labute approximate surface area is 150 Å². The minimum absolute atomic E-state index is 0.221. The highest BCUT2D eigenvalue weighted by Crippen LogP contribution is 2.38. The molecule has 2 aromatic rings. The molecule has 0 atom stereocenters. The van der Waals surface area contributed by atoms with E-state index in [2.05, 4.69) is 10.3 Å². The van der Waals surface area contributed by atoms with E-state index in [1.54, 1.807) is 37.6 Å². The molecule has 0 saturated carbocycles. The summed E-state index contributed by atoms with van der Waals surface area (Å²) in [6.45, 7) is 1.33. The van der Waals surface area contributed by atoms with E-state index in [9.17, 15) is 4.79 Å². The molecule has 0 spiro atoms. The van der Waals surface area contributed by atoms with E-state index in [-0.39, 0.29) is 5.91 Å². The molecule has 1 aliphatic rings. The monoisotopic (exact) mass is 360 g/mol. The summed E-state index contributed by atoms with van der Waals surface area (Å²) in [6.07, 6.45) is 4.77. The summed E-state index contributed by atoms with van der Waals surface area (Å²) in [6, 6.07) is 7.11. The number of pyridine rings is 1. The van der Waals surface area contributed by atoms with Gasteiger partial charge < -0.3 is 19.5 Å². The molecule has 0 fully saturated rings. The summed E-state index contributed by atoms with van der Waals surface area (Å²) in [7, 11) is 1.55. The first-order valence-electron chi connectivity index (χ1n) is 7.69. The van der Waals surface area contributed by atoms with E-state index < -0.39 is 0 Å². The van der Waals surface area contributed by atoms with Crippen molar-refractivity contribution in [2.45, 2.75) is 6.54 Å². The number of carbonyl (C=O) groups is 1. The predicted molar refractivity (Wildman–Crippen MR) is 94.1 cm³/mol. The second-order valence-electron chi connectivity index (χ2n) is 5.29. The third kappa shape index (κ3) is 4.42. The van der Waals surface area contributed by atoms with E-state index >= 15 is 0 Å². The zero-order valence-electron chi connectivity index (χ0n) is 13.6. The van der Waals surface area contributed by atoms with Gasteiger partial charge in [0.1, 0.15) is 13.2 Å². The molecule has 0 bridgehead atoms. The number of hydrogen-bond donors (Lipinski definition) is 1. The van der Waals surface area contributed by atoms with E-state index in [4.69, 9.17) is 25.8 Å². The number of aromatic nitrogens is 1. The maximum absolute atomic E-state index is 12.0. The number of fused-ring (bicyclic) bond motifs is 1. The van der Waals surface area contributed by atoms with Crippen LogP contribution in [-0.2, 0) is 11.3 Å². The quantitative estimate of drug-likeness (QED) is 0.830. The van der Waals surface area contributed by atoms with Crippen LogP contribution < -0.4 is 19.5 Å². The Kier molecular flexibility index (Phi) is 5.40. The SMILES string of the molecule is COc1ccc(CNC(=O)/C=C/c2cc(Cl)c3c(c2)OCCO3)cn1. The molecule has 0 aliphatic carbocycles. The normalized spacial score (nSPS) is 12.9. The Morgan fingerprint density at radius 3 is 2.96 bits per heavy atom. The summed E-state index contributed by atoms with van der Waals surface area (Å²) in [5.74, 6) is 1.44. The van der Waals surface area contributed by atoms with E-state index in [1.165, 1.54) is 6.08 Å². The van der Waals surface area contributed by atoms with Crippen molar-refractivity contribution < 1.29 is 19.0 Å². The van der Waals surface area contributed by atoms with Crippen LogP contribution in [0.15, 0.2) is 36.5 Å². The first kappa shape index (κ1) is 17.1. The van der Waals surface area contributed by atoms with Gasteiger partial charge in [0.2, 0.25) is 11.8 Å². The zero-order valence-corrected chi connectivity index (χ0v) is 14.4. The number of rotatable bonds is 5. The van der Waals surface area contributed by atoms with Crippen molar-refractivity contribution in [3.63, 3.8) is 0 Å². The molecule has 0 saturated heterocycles. The lowest BCUT2D eigenvalue weighted by molar-refractivity contribution is -0.116. The summed E-state index contributed by atoms with van der Waals surface area (Å²) in [5.41, 5.74) is 1.64. The summed E-state index contributed by atoms with van der Waals surface area (Å²) >= 11 is 6.17. The highest BCUT2D eigenvalue weighted by Gasteiger charge is 2.15. The van der Waals surface area contributed by atoms with Crippen molar-refractivity contribution in [3.05, 3.63) is 52.7 Å². The van der Waals surface area contributed by atoms with Gasteiger partial charge in [-0.25, -0.2) is 4.98 Å². The van der Waals surface area contributed by atoms with E-state index in [1.807, 2.05) is 6.07 Å². The maximum Gasteiger partial charge on any atom is 0.244 e. The molecule has 1 aliphatic heterocycles. The van der Waals surface area contributed by atoms with Crippen LogP contribution in [0.3, 0.4) is 0 Å². The fourth-order valence-corrected chi connectivity index (χ4v) is 2.56. The Hall–Kier alpha value is -2.73. The second kappa shape index (κ2) is 7.90. The van der Waals surface area contributed by atoms with Gasteiger partial charge in [-0.3, -0.25) is 4.79 Å². The van der Waals surface area contributed by atoms with Crippen molar-refractivity contribution in [1.29, 1.82) is 0 Å². The third-order valence-electron chi connectivity index (χ3n) is 3.52. The number of nitrogens with zero attached hydrogens (tertiary/aromatic N) is 1.